The van der Waals surface area contributed by atoms with E-state index in [1.54, 1.807) is 16.4 Å². The van der Waals surface area contributed by atoms with Crippen LogP contribution in [-0.2, 0) is 30.7 Å². The van der Waals surface area contributed by atoms with Gasteiger partial charge in [-0.05, 0) is 55.5 Å². The zero-order valence-corrected chi connectivity index (χ0v) is 21.6. The van der Waals surface area contributed by atoms with Crippen LogP contribution in [0.3, 0.4) is 0 Å². The number of aryl methyl sites for hydroxylation is 2. The molecule has 5 rings (SSSR count). The number of nitrogens with zero attached hydrogens (tertiary/aromatic N) is 3. The van der Waals surface area contributed by atoms with E-state index in [-0.39, 0.29) is 17.3 Å². The number of benzene rings is 2. The average Bonchev–Trinajstić information content (AvgIpc) is 3.26. The Bertz CT molecular complexity index is 1560. The van der Waals surface area contributed by atoms with Crippen molar-refractivity contribution in [3.8, 4) is 5.69 Å². The first-order valence-corrected chi connectivity index (χ1v) is 13.1. The lowest BCUT2D eigenvalue weighted by Crippen LogP contribution is -2.39. The molecule has 8 heteroatoms. The highest BCUT2D eigenvalue weighted by molar-refractivity contribution is 7.18. The van der Waals surface area contributed by atoms with Gasteiger partial charge in [-0.2, -0.15) is 0 Å². The summed E-state index contributed by atoms with van der Waals surface area (Å²) in [7, 11) is 0. The van der Waals surface area contributed by atoms with E-state index in [4.69, 9.17) is 4.74 Å². The molecular weight excluding hydrogens is 474 g/mol. The van der Waals surface area contributed by atoms with Gasteiger partial charge in [-0.3, -0.25) is 9.36 Å². The number of amides is 1. The average molecular weight is 504 g/mol. The van der Waals surface area contributed by atoms with Gasteiger partial charge in [-0.25, -0.2) is 14.2 Å². The Hall–Kier alpha value is -3.65. The standard InChI is InChI=1S/C28H29N3O4S/c1-4-19-9-11-21(12-10-19)31-25(32)24-22-13-14-29(28(34)35-5-2)17-23(22)36-26(24)30(27(31)33)16-20-8-6-7-18(3)15-20/h6-12,15H,4-5,13-14,16-17H2,1-3H3. The molecule has 0 aliphatic carbocycles. The Labute approximate surface area is 213 Å². The zero-order chi connectivity index (χ0) is 25.4. The molecule has 0 spiro atoms. The first kappa shape index (κ1) is 24.1. The Morgan fingerprint density at radius 3 is 2.53 bits per heavy atom. The van der Waals surface area contributed by atoms with Crippen LogP contribution in [0.2, 0.25) is 0 Å². The van der Waals surface area contributed by atoms with Crippen LogP contribution < -0.4 is 11.2 Å². The number of carbonyl (C=O) groups excluding carboxylic acids is 1. The largest absolute Gasteiger partial charge is 0.450 e. The third-order valence-corrected chi connectivity index (χ3v) is 7.91. The fourth-order valence-corrected chi connectivity index (χ4v) is 6.16. The van der Waals surface area contributed by atoms with Crippen LogP contribution in [0.5, 0.6) is 0 Å². The third kappa shape index (κ3) is 4.26. The molecule has 0 N–H and O–H groups in total. The molecule has 0 fully saturated rings. The van der Waals surface area contributed by atoms with Gasteiger partial charge in [0.2, 0.25) is 0 Å². The summed E-state index contributed by atoms with van der Waals surface area (Å²) >= 11 is 1.43. The molecule has 3 heterocycles. The van der Waals surface area contributed by atoms with Gasteiger partial charge in [0, 0.05) is 11.4 Å². The molecule has 36 heavy (non-hydrogen) atoms. The Kier molecular flexibility index (Phi) is 6.53. The van der Waals surface area contributed by atoms with Crippen molar-refractivity contribution in [2.24, 2.45) is 0 Å². The molecule has 0 unspecified atom stereocenters. The molecule has 4 aromatic rings. The highest BCUT2D eigenvalue weighted by Crippen LogP contribution is 2.33. The van der Waals surface area contributed by atoms with Crippen molar-refractivity contribution in [2.45, 2.75) is 46.7 Å². The maximum Gasteiger partial charge on any atom is 0.410 e. The molecule has 186 valence electrons. The number of rotatable bonds is 5. The molecule has 0 atom stereocenters. The molecular formula is C28H29N3O4S. The second-order valence-corrected chi connectivity index (χ2v) is 10.2. The van der Waals surface area contributed by atoms with E-state index in [1.807, 2.05) is 49.4 Å². The number of hydrogen-bond acceptors (Lipinski definition) is 5. The Morgan fingerprint density at radius 1 is 1.06 bits per heavy atom. The van der Waals surface area contributed by atoms with Crippen molar-refractivity contribution in [1.29, 1.82) is 0 Å². The number of fused-ring (bicyclic) bond motifs is 3. The van der Waals surface area contributed by atoms with Crippen molar-refractivity contribution in [3.05, 3.63) is 96.5 Å². The minimum atomic E-state index is -0.362. The summed E-state index contributed by atoms with van der Waals surface area (Å²) in [5.74, 6) is 0. The molecule has 2 aromatic heterocycles. The van der Waals surface area contributed by atoms with E-state index in [0.29, 0.717) is 48.6 Å². The molecule has 1 aliphatic rings. The molecule has 2 aromatic carbocycles. The Morgan fingerprint density at radius 2 is 1.83 bits per heavy atom. The number of hydrogen-bond donors (Lipinski definition) is 0. The van der Waals surface area contributed by atoms with Crippen LogP contribution in [-0.4, -0.2) is 33.3 Å². The van der Waals surface area contributed by atoms with E-state index < -0.39 is 0 Å². The van der Waals surface area contributed by atoms with E-state index in [9.17, 15) is 14.4 Å². The van der Waals surface area contributed by atoms with Gasteiger partial charge in [0.25, 0.3) is 5.56 Å². The van der Waals surface area contributed by atoms with Crippen molar-refractivity contribution in [3.63, 3.8) is 0 Å². The van der Waals surface area contributed by atoms with Crippen LogP contribution in [0.25, 0.3) is 15.9 Å². The van der Waals surface area contributed by atoms with Gasteiger partial charge < -0.3 is 9.64 Å². The molecule has 0 radical (unpaired) electrons. The predicted molar refractivity (Wildman–Crippen MR) is 142 cm³/mol. The third-order valence-electron chi connectivity index (χ3n) is 6.67. The lowest BCUT2D eigenvalue weighted by molar-refractivity contribution is 0.103. The predicted octanol–water partition coefficient (Wildman–Crippen LogP) is 4.65. The molecule has 1 amide bonds. The molecule has 0 saturated carbocycles. The van der Waals surface area contributed by atoms with Gasteiger partial charge in [0.05, 0.1) is 30.8 Å². The normalized spacial score (nSPS) is 13.1. The minimum absolute atomic E-state index is 0.304. The van der Waals surface area contributed by atoms with Gasteiger partial charge >= 0.3 is 11.8 Å². The summed E-state index contributed by atoms with van der Waals surface area (Å²) in [6.45, 7) is 7.38. The maximum atomic E-state index is 13.9. The van der Waals surface area contributed by atoms with Crippen LogP contribution in [0.15, 0.2) is 58.1 Å². The van der Waals surface area contributed by atoms with Crippen LogP contribution in [0.1, 0.15) is 41.0 Å². The topological polar surface area (TPSA) is 73.5 Å². The van der Waals surface area contributed by atoms with Gasteiger partial charge in [0.15, 0.2) is 0 Å². The van der Waals surface area contributed by atoms with Crippen molar-refractivity contribution in [1.82, 2.24) is 14.0 Å². The summed E-state index contributed by atoms with van der Waals surface area (Å²) in [5.41, 5.74) is 4.06. The van der Waals surface area contributed by atoms with Crippen molar-refractivity contribution in [2.75, 3.05) is 13.2 Å². The van der Waals surface area contributed by atoms with E-state index in [2.05, 4.69) is 13.0 Å². The van der Waals surface area contributed by atoms with Gasteiger partial charge in [-0.1, -0.05) is 48.9 Å². The molecule has 1 aliphatic heterocycles. The van der Waals surface area contributed by atoms with E-state index in [0.717, 1.165) is 33.6 Å². The van der Waals surface area contributed by atoms with E-state index in [1.165, 1.54) is 15.9 Å². The number of thiophene rings is 1. The highest BCUT2D eigenvalue weighted by Gasteiger charge is 2.29. The van der Waals surface area contributed by atoms with Crippen LogP contribution in [0, 0.1) is 6.92 Å². The summed E-state index contributed by atoms with van der Waals surface area (Å²) in [6, 6.07) is 15.6. The van der Waals surface area contributed by atoms with Gasteiger partial charge in [0.1, 0.15) is 4.83 Å². The van der Waals surface area contributed by atoms with Crippen molar-refractivity contribution >= 4 is 27.6 Å². The molecule has 0 bridgehead atoms. The van der Waals surface area contributed by atoms with Crippen LogP contribution in [0.4, 0.5) is 4.79 Å². The first-order chi connectivity index (χ1) is 17.4. The van der Waals surface area contributed by atoms with Crippen molar-refractivity contribution < 1.29 is 9.53 Å². The lowest BCUT2D eigenvalue weighted by atomic mass is 10.1. The molecule has 0 saturated heterocycles. The number of carbonyl (C=O) groups is 1. The fraction of sp³-hybridized carbons (Fsp3) is 0.321. The lowest BCUT2D eigenvalue weighted by Gasteiger charge is -2.25. The monoisotopic (exact) mass is 503 g/mol. The Balaban J connectivity index is 1.72. The number of ether oxygens (including phenoxy) is 1. The summed E-state index contributed by atoms with van der Waals surface area (Å²) < 4.78 is 8.19. The maximum absolute atomic E-state index is 13.9. The SMILES string of the molecule is CCOC(=O)N1CCc2c(sc3c2c(=O)n(-c2ccc(CC)cc2)c(=O)n3Cc2cccc(C)c2)C1. The smallest absolute Gasteiger partial charge is 0.410 e. The summed E-state index contributed by atoms with van der Waals surface area (Å²) in [6.07, 6.45) is 1.06. The van der Waals surface area contributed by atoms with Gasteiger partial charge in [-0.15, -0.1) is 11.3 Å². The molecule has 7 nitrogen and oxygen atoms in total. The second-order valence-electron chi connectivity index (χ2n) is 9.07. The van der Waals surface area contributed by atoms with Crippen LogP contribution >= 0.6 is 11.3 Å². The number of aromatic nitrogens is 2. The zero-order valence-electron chi connectivity index (χ0n) is 20.7. The second kappa shape index (κ2) is 9.78. The quantitative estimate of drug-likeness (QED) is 0.398. The summed E-state index contributed by atoms with van der Waals surface area (Å²) in [5, 5.41) is 0.574. The highest BCUT2D eigenvalue weighted by atomic mass is 32.1. The summed E-state index contributed by atoms with van der Waals surface area (Å²) in [4.78, 5) is 43.3. The first-order valence-electron chi connectivity index (χ1n) is 12.3. The van der Waals surface area contributed by atoms with E-state index >= 15 is 0 Å². The fourth-order valence-electron chi connectivity index (χ4n) is 4.82. The minimum Gasteiger partial charge on any atom is -0.450 e.